The molecular formula is C17H17N5O3S. The van der Waals surface area contributed by atoms with Crippen LogP contribution in [0.2, 0.25) is 0 Å². The number of nitrogens with zero attached hydrogens (tertiary/aromatic N) is 4. The van der Waals surface area contributed by atoms with Crippen LogP contribution in [0.1, 0.15) is 22.5 Å². The van der Waals surface area contributed by atoms with Crippen molar-refractivity contribution in [1.29, 1.82) is 5.26 Å². The van der Waals surface area contributed by atoms with Crippen molar-refractivity contribution in [1.82, 2.24) is 14.9 Å². The second-order valence-corrected chi connectivity index (χ2v) is 8.31. The van der Waals surface area contributed by atoms with E-state index in [4.69, 9.17) is 5.26 Å². The van der Waals surface area contributed by atoms with Gasteiger partial charge in [0.25, 0.3) is 5.91 Å². The lowest BCUT2D eigenvalue weighted by molar-refractivity contribution is 0.0741. The van der Waals surface area contributed by atoms with Gasteiger partial charge in [-0.1, -0.05) is 6.07 Å². The summed E-state index contributed by atoms with van der Waals surface area (Å²) >= 11 is 0. The van der Waals surface area contributed by atoms with Gasteiger partial charge in [0.05, 0.1) is 35.5 Å². The molecule has 1 aliphatic rings. The van der Waals surface area contributed by atoms with Gasteiger partial charge in [0.1, 0.15) is 11.5 Å². The highest BCUT2D eigenvalue weighted by molar-refractivity contribution is 7.91. The van der Waals surface area contributed by atoms with E-state index in [9.17, 15) is 13.2 Å². The maximum absolute atomic E-state index is 12.5. The zero-order valence-corrected chi connectivity index (χ0v) is 14.9. The Bertz CT molecular complexity index is 967. The number of nitriles is 1. The average Bonchev–Trinajstić information content (AvgIpc) is 3.01. The van der Waals surface area contributed by atoms with Crippen LogP contribution in [0.25, 0.3) is 0 Å². The molecule has 1 N–H and O–H groups in total. The standard InChI is InChI=1S/C17H17N5O3S/c1-22(14-5-6-26(24,25)11-14)17(23)15-9-20-16(10-19-15)21-13-4-2-3-12(7-13)8-18/h2-4,7,9-10,14H,5-6,11H2,1H3,(H,20,21). The van der Waals surface area contributed by atoms with E-state index in [1.807, 2.05) is 0 Å². The maximum atomic E-state index is 12.5. The van der Waals surface area contributed by atoms with Crippen LogP contribution in [-0.4, -0.2) is 53.8 Å². The minimum absolute atomic E-state index is 0.0163. The largest absolute Gasteiger partial charge is 0.339 e. The zero-order chi connectivity index (χ0) is 18.7. The number of hydrogen-bond acceptors (Lipinski definition) is 7. The van der Waals surface area contributed by atoms with Crippen molar-refractivity contribution in [2.75, 3.05) is 23.9 Å². The van der Waals surface area contributed by atoms with Gasteiger partial charge < -0.3 is 10.2 Å². The van der Waals surface area contributed by atoms with E-state index in [0.717, 1.165) is 0 Å². The number of benzene rings is 1. The van der Waals surface area contributed by atoms with E-state index >= 15 is 0 Å². The predicted molar refractivity (Wildman–Crippen MR) is 95.6 cm³/mol. The molecule has 1 fully saturated rings. The van der Waals surface area contributed by atoms with E-state index in [1.54, 1.807) is 31.3 Å². The molecule has 8 nitrogen and oxygen atoms in total. The fraction of sp³-hybridized carbons (Fsp3) is 0.294. The fourth-order valence-corrected chi connectivity index (χ4v) is 4.52. The summed E-state index contributed by atoms with van der Waals surface area (Å²) in [6.07, 6.45) is 3.21. The van der Waals surface area contributed by atoms with Crippen molar-refractivity contribution in [3.63, 3.8) is 0 Å². The quantitative estimate of drug-likeness (QED) is 0.862. The molecule has 1 aromatic carbocycles. The fourth-order valence-electron chi connectivity index (χ4n) is 2.74. The second-order valence-electron chi connectivity index (χ2n) is 6.08. The molecule has 0 spiro atoms. The van der Waals surface area contributed by atoms with Crippen molar-refractivity contribution in [2.45, 2.75) is 12.5 Å². The van der Waals surface area contributed by atoms with Crippen molar-refractivity contribution in [3.8, 4) is 6.07 Å². The third-order valence-corrected chi connectivity index (χ3v) is 5.96. The summed E-state index contributed by atoms with van der Waals surface area (Å²) in [7, 11) is -1.49. The van der Waals surface area contributed by atoms with Crippen LogP contribution in [0.3, 0.4) is 0 Å². The number of hydrogen-bond donors (Lipinski definition) is 1. The van der Waals surface area contributed by atoms with Crippen LogP contribution in [0, 0.1) is 11.3 Å². The first-order chi connectivity index (χ1) is 12.4. The Morgan fingerprint density at radius 2 is 2.15 bits per heavy atom. The molecule has 2 aromatic rings. The van der Waals surface area contributed by atoms with E-state index in [0.29, 0.717) is 23.5 Å². The van der Waals surface area contributed by atoms with Crippen molar-refractivity contribution in [2.24, 2.45) is 0 Å². The lowest BCUT2D eigenvalue weighted by atomic mass is 10.2. The molecule has 0 saturated carbocycles. The first-order valence-corrected chi connectivity index (χ1v) is 9.77. The number of nitrogens with one attached hydrogen (secondary N) is 1. The van der Waals surface area contributed by atoms with Crippen LogP contribution in [0.15, 0.2) is 36.7 Å². The Hall–Kier alpha value is -2.99. The summed E-state index contributed by atoms with van der Waals surface area (Å²) in [5, 5.41) is 11.9. The molecule has 1 aromatic heterocycles. The van der Waals surface area contributed by atoms with Crippen LogP contribution in [0.5, 0.6) is 0 Å². The molecule has 0 radical (unpaired) electrons. The minimum Gasteiger partial charge on any atom is -0.339 e. The molecule has 1 aliphatic heterocycles. The number of sulfone groups is 1. The number of anilines is 2. The topological polar surface area (TPSA) is 116 Å². The number of carbonyl (C=O) groups excluding carboxylic acids is 1. The van der Waals surface area contributed by atoms with Gasteiger partial charge in [-0.25, -0.2) is 18.4 Å². The normalized spacial score (nSPS) is 18.1. The Morgan fingerprint density at radius 1 is 1.35 bits per heavy atom. The number of aromatic nitrogens is 2. The smallest absolute Gasteiger partial charge is 0.274 e. The summed E-state index contributed by atoms with van der Waals surface area (Å²) in [6, 6.07) is 8.62. The molecule has 0 bridgehead atoms. The van der Waals surface area contributed by atoms with Crippen molar-refractivity contribution in [3.05, 3.63) is 47.9 Å². The first kappa shape index (κ1) is 17.8. The average molecular weight is 371 g/mol. The van der Waals surface area contributed by atoms with Gasteiger partial charge in [0.2, 0.25) is 0 Å². The predicted octanol–water partition coefficient (Wildman–Crippen LogP) is 1.35. The van der Waals surface area contributed by atoms with E-state index in [1.165, 1.54) is 17.3 Å². The number of rotatable bonds is 4. The van der Waals surface area contributed by atoms with Crippen molar-refractivity contribution >= 4 is 27.2 Å². The van der Waals surface area contributed by atoms with Crippen LogP contribution < -0.4 is 5.32 Å². The molecular weight excluding hydrogens is 354 g/mol. The van der Waals surface area contributed by atoms with Crippen LogP contribution in [-0.2, 0) is 9.84 Å². The SMILES string of the molecule is CN(C(=O)c1cnc(Nc2cccc(C#N)c2)cn1)C1CCS(=O)(=O)C1. The Kier molecular flexibility index (Phi) is 4.86. The highest BCUT2D eigenvalue weighted by Gasteiger charge is 2.33. The Labute approximate surface area is 151 Å². The highest BCUT2D eigenvalue weighted by Crippen LogP contribution is 2.19. The molecule has 3 rings (SSSR count). The van der Waals surface area contributed by atoms with Gasteiger partial charge in [-0.3, -0.25) is 4.79 Å². The zero-order valence-electron chi connectivity index (χ0n) is 14.1. The lowest BCUT2D eigenvalue weighted by Crippen LogP contribution is -2.38. The van der Waals surface area contributed by atoms with Crippen LogP contribution >= 0.6 is 0 Å². The summed E-state index contributed by atoms with van der Waals surface area (Å²) in [4.78, 5) is 22.2. The van der Waals surface area contributed by atoms with Gasteiger partial charge in [0, 0.05) is 18.8 Å². The van der Waals surface area contributed by atoms with E-state index in [2.05, 4.69) is 21.4 Å². The number of amides is 1. The Morgan fingerprint density at radius 3 is 2.77 bits per heavy atom. The molecule has 26 heavy (non-hydrogen) atoms. The van der Waals surface area contributed by atoms with Crippen molar-refractivity contribution < 1.29 is 13.2 Å². The third kappa shape index (κ3) is 3.97. The van der Waals surface area contributed by atoms with E-state index < -0.39 is 9.84 Å². The Balaban J connectivity index is 1.69. The van der Waals surface area contributed by atoms with Gasteiger partial charge in [-0.2, -0.15) is 5.26 Å². The maximum Gasteiger partial charge on any atom is 0.274 e. The lowest BCUT2D eigenvalue weighted by Gasteiger charge is -2.22. The molecule has 1 unspecified atom stereocenters. The monoisotopic (exact) mass is 371 g/mol. The molecule has 1 atom stereocenters. The second kappa shape index (κ2) is 7.09. The highest BCUT2D eigenvalue weighted by atomic mass is 32.2. The van der Waals surface area contributed by atoms with Crippen LogP contribution in [0.4, 0.5) is 11.5 Å². The molecule has 9 heteroatoms. The molecule has 2 heterocycles. The summed E-state index contributed by atoms with van der Waals surface area (Å²) in [5.41, 5.74) is 1.35. The van der Waals surface area contributed by atoms with Gasteiger partial charge in [-0.15, -0.1) is 0 Å². The first-order valence-electron chi connectivity index (χ1n) is 7.95. The molecule has 1 amide bonds. The summed E-state index contributed by atoms with van der Waals surface area (Å²) < 4.78 is 23.1. The third-order valence-electron chi connectivity index (χ3n) is 4.21. The van der Waals surface area contributed by atoms with Gasteiger partial charge >= 0.3 is 0 Å². The van der Waals surface area contributed by atoms with E-state index in [-0.39, 0.29) is 29.1 Å². The minimum atomic E-state index is -3.07. The number of carbonyl (C=O) groups is 1. The molecule has 1 saturated heterocycles. The molecule has 134 valence electrons. The summed E-state index contributed by atoms with van der Waals surface area (Å²) in [6.45, 7) is 0. The van der Waals surface area contributed by atoms with Gasteiger partial charge in [-0.05, 0) is 24.6 Å². The van der Waals surface area contributed by atoms with Gasteiger partial charge in [0.15, 0.2) is 9.84 Å². The summed E-state index contributed by atoms with van der Waals surface area (Å²) in [5.74, 6) is 0.156. The molecule has 0 aliphatic carbocycles.